The van der Waals surface area contributed by atoms with E-state index < -0.39 is 0 Å². The van der Waals surface area contributed by atoms with Gasteiger partial charge in [0.25, 0.3) is 5.91 Å². The van der Waals surface area contributed by atoms with Crippen molar-refractivity contribution in [3.63, 3.8) is 0 Å². The largest absolute Gasteiger partial charge is 0.481 e. The van der Waals surface area contributed by atoms with Crippen LogP contribution in [0.2, 0.25) is 0 Å². The molecule has 8 heteroatoms. The lowest BCUT2D eigenvalue weighted by atomic mass is 10.1. The summed E-state index contributed by atoms with van der Waals surface area (Å²) >= 11 is 0. The Morgan fingerprint density at radius 3 is 2.48 bits per heavy atom. The molecule has 0 unspecified atom stereocenters. The van der Waals surface area contributed by atoms with Gasteiger partial charge in [0.1, 0.15) is 6.61 Å². The van der Waals surface area contributed by atoms with Crippen LogP contribution < -0.4 is 20.1 Å². The maximum atomic E-state index is 11.8. The van der Waals surface area contributed by atoms with Crippen LogP contribution in [0, 0.1) is 0 Å². The Bertz CT molecular complexity index is 455. The number of aromatic nitrogens is 2. The summed E-state index contributed by atoms with van der Waals surface area (Å²) in [4.78, 5) is 19.9. The number of nitrogens with zero attached hydrogens (tertiary/aromatic N) is 2. The van der Waals surface area contributed by atoms with E-state index in [0.29, 0.717) is 11.8 Å². The topological polar surface area (TPSA) is 94.6 Å². The Kier molecular flexibility index (Phi) is 5.70. The minimum Gasteiger partial charge on any atom is -0.481 e. The predicted octanol–water partition coefficient (Wildman–Crippen LogP) is 0.201. The summed E-state index contributed by atoms with van der Waals surface area (Å²) in [6.07, 6.45) is 1.95. The van der Waals surface area contributed by atoms with E-state index in [0.717, 1.165) is 25.9 Å². The molecule has 1 aromatic rings. The number of nitrogens with one attached hydrogen (secondary N) is 2. The van der Waals surface area contributed by atoms with E-state index in [1.807, 2.05) is 0 Å². The SMILES string of the molecule is COc1cc(OC)nc(NC(=O)COC2CCNCC2)n1. The molecule has 1 fully saturated rings. The van der Waals surface area contributed by atoms with E-state index in [1.165, 1.54) is 20.3 Å². The number of hydrogen-bond donors (Lipinski definition) is 2. The van der Waals surface area contributed by atoms with Crippen LogP contribution in [0.5, 0.6) is 11.8 Å². The molecule has 2 rings (SSSR count). The second-order valence-electron chi connectivity index (χ2n) is 4.58. The molecule has 1 aliphatic rings. The van der Waals surface area contributed by atoms with E-state index >= 15 is 0 Å². The van der Waals surface area contributed by atoms with Gasteiger partial charge in [-0.2, -0.15) is 9.97 Å². The molecule has 116 valence electrons. The smallest absolute Gasteiger partial charge is 0.252 e. The molecular weight excluding hydrogens is 276 g/mol. The lowest BCUT2D eigenvalue weighted by Gasteiger charge is -2.22. The summed E-state index contributed by atoms with van der Waals surface area (Å²) < 4.78 is 15.6. The molecule has 1 amide bonds. The summed E-state index contributed by atoms with van der Waals surface area (Å²) in [5.74, 6) is 0.460. The zero-order valence-electron chi connectivity index (χ0n) is 12.2. The third kappa shape index (κ3) is 4.83. The van der Waals surface area contributed by atoms with Crippen LogP contribution in [-0.4, -0.2) is 55.9 Å². The summed E-state index contributed by atoms with van der Waals surface area (Å²) in [5, 5.41) is 5.81. The second kappa shape index (κ2) is 7.75. The molecule has 0 saturated carbocycles. The first-order valence-electron chi connectivity index (χ1n) is 6.80. The summed E-state index contributed by atoms with van der Waals surface area (Å²) in [6.45, 7) is 1.82. The van der Waals surface area contributed by atoms with Crippen molar-refractivity contribution in [3.05, 3.63) is 6.07 Å². The van der Waals surface area contributed by atoms with E-state index in [1.54, 1.807) is 0 Å². The monoisotopic (exact) mass is 296 g/mol. The van der Waals surface area contributed by atoms with Gasteiger partial charge >= 0.3 is 0 Å². The Hall–Kier alpha value is -1.93. The molecule has 8 nitrogen and oxygen atoms in total. The predicted molar refractivity (Wildman–Crippen MR) is 75.6 cm³/mol. The van der Waals surface area contributed by atoms with Crippen molar-refractivity contribution in [2.24, 2.45) is 0 Å². The van der Waals surface area contributed by atoms with Crippen molar-refractivity contribution in [2.45, 2.75) is 18.9 Å². The fourth-order valence-corrected chi connectivity index (χ4v) is 1.99. The first-order valence-corrected chi connectivity index (χ1v) is 6.80. The minimum atomic E-state index is -0.302. The van der Waals surface area contributed by atoms with Crippen molar-refractivity contribution in [2.75, 3.05) is 39.2 Å². The number of carbonyl (C=O) groups is 1. The van der Waals surface area contributed by atoms with Crippen molar-refractivity contribution >= 4 is 11.9 Å². The molecule has 2 N–H and O–H groups in total. The first kappa shape index (κ1) is 15.5. The van der Waals surface area contributed by atoms with Gasteiger partial charge in [0, 0.05) is 0 Å². The molecule has 1 aliphatic heterocycles. The highest BCUT2D eigenvalue weighted by Gasteiger charge is 2.15. The highest BCUT2D eigenvalue weighted by atomic mass is 16.5. The highest BCUT2D eigenvalue weighted by molar-refractivity contribution is 5.90. The minimum absolute atomic E-state index is 0.0203. The van der Waals surface area contributed by atoms with E-state index in [-0.39, 0.29) is 24.6 Å². The van der Waals surface area contributed by atoms with E-state index in [4.69, 9.17) is 14.2 Å². The second-order valence-corrected chi connectivity index (χ2v) is 4.58. The van der Waals surface area contributed by atoms with Crippen LogP contribution in [0.15, 0.2) is 6.07 Å². The number of rotatable bonds is 6. The van der Waals surface area contributed by atoms with Gasteiger partial charge in [-0.1, -0.05) is 0 Å². The molecule has 0 aliphatic carbocycles. The van der Waals surface area contributed by atoms with E-state index in [2.05, 4.69) is 20.6 Å². The molecule has 0 aromatic carbocycles. The number of methoxy groups -OCH3 is 2. The van der Waals surface area contributed by atoms with Gasteiger partial charge in [0.2, 0.25) is 17.7 Å². The Morgan fingerprint density at radius 2 is 1.90 bits per heavy atom. The van der Waals surface area contributed by atoms with Crippen LogP contribution in [0.4, 0.5) is 5.95 Å². The highest BCUT2D eigenvalue weighted by Crippen LogP contribution is 2.17. The third-order valence-corrected chi connectivity index (χ3v) is 3.08. The van der Waals surface area contributed by atoms with Crippen LogP contribution in [0.25, 0.3) is 0 Å². The van der Waals surface area contributed by atoms with Crippen molar-refractivity contribution in [1.82, 2.24) is 15.3 Å². The van der Waals surface area contributed by atoms with E-state index in [9.17, 15) is 4.79 Å². The maximum absolute atomic E-state index is 11.8. The molecule has 0 atom stereocenters. The molecule has 0 radical (unpaired) electrons. The zero-order chi connectivity index (χ0) is 15.1. The number of piperidine rings is 1. The molecule has 1 saturated heterocycles. The van der Waals surface area contributed by atoms with Gasteiger partial charge < -0.3 is 19.5 Å². The van der Waals surface area contributed by atoms with Crippen molar-refractivity contribution in [1.29, 1.82) is 0 Å². The number of hydrogen-bond acceptors (Lipinski definition) is 7. The average Bonchev–Trinajstić information content (AvgIpc) is 2.53. The molecular formula is C13H20N4O4. The van der Waals surface area contributed by atoms with Gasteiger partial charge in [-0.25, -0.2) is 0 Å². The van der Waals surface area contributed by atoms with Crippen molar-refractivity contribution in [3.8, 4) is 11.8 Å². The fraction of sp³-hybridized carbons (Fsp3) is 0.615. The fourth-order valence-electron chi connectivity index (χ4n) is 1.99. The van der Waals surface area contributed by atoms with Gasteiger partial charge in [-0.05, 0) is 25.9 Å². The van der Waals surface area contributed by atoms with Gasteiger partial charge in [0.15, 0.2) is 0 Å². The van der Waals surface area contributed by atoms with Crippen LogP contribution >= 0.6 is 0 Å². The molecule has 2 heterocycles. The number of ether oxygens (including phenoxy) is 3. The summed E-state index contributed by atoms with van der Waals surface area (Å²) in [5.41, 5.74) is 0. The number of anilines is 1. The number of amides is 1. The van der Waals surface area contributed by atoms with Crippen LogP contribution in [0.3, 0.4) is 0 Å². The average molecular weight is 296 g/mol. The molecule has 0 bridgehead atoms. The quantitative estimate of drug-likeness (QED) is 0.774. The molecule has 0 spiro atoms. The van der Waals surface area contributed by atoms with Gasteiger partial charge in [-0.15, -0.1) is 0 Å². The Morgan fingerprint density at radius 1 is 1.29 bits per heavy atom. The Balaban J connectivity index is 1.86. The maximum Gasteiger partial charge on any atom is 0.252 e. The van der Waals surface area contributed by atoms with Gasteiger partial charge in [0.05, 0.1) is 26.4 Å². The number of carbonyl (C=O) groups excluding carboxylic acids is 1. The Labute approximate surface area is 123 Å². The molecule has 1 aromatic heterocycles. The standard InChI is InChI=1S/C13H20N4O4/c1-19-11-7-12(20-2)17-13(16-11)15-10(18)8-21-9-3-5-14-6-4-9/h7,9,14H,3-6,8H2,1-2H3,(H,15,16,17,18). The zero-order valence-corrected chi connectivity index (χ0v) is 12.2. The van der Waals surface area contributed by atoms with Crippen molar-refractivity contribution < 1.29 is 19.0 Å². The normalized spacial score (nSPS) is 15.5. The summed E-state index contributed by atoms with van der Waals surface area (Å²) in [6, 6.07) is 1.53. The lowest BCUT2D eigenvalue weighted by Crippen LogP contribution is -2.34. The molecule has 21 heavy (non-hydrogen) atoms. The first-order chi connectivity index (χ1) is 10.2. The lowest BCUT2D eigenvalue weighted by molar-refractivity contribution is -0.123. The third-order valence-electron chi connectivity index (χ3n) is 3.08. The van der Waals surface area contributed by atoms with Gasteiger partial charge in [-0.3, -0.25) is 10.1 Å². The summed E-state index contributed by atoms with van der Waals surface area (Å²) in [7, 11) is 2.96. The van der Waals surface area contributed by atoms with Crippen LogP contribution in [0.1, 0.15) is 12.8 Å². The van der Waals surface area contributed by atoms with Crippen LogP contribution in [-0.2, 0) is 9.53 Å².